The van der Waals surface area contributed by atoms with Crippen molar-refractivity contribution in [2.45, 2.75) is 25.5 Å². The maximum atomic E-state index is 13.6. The highest BCUT2D eigenvalue weighted by atomic mass is 33.1. The van der Waals surface area contributed by atoms with Gasteiger partial charge in [0.25, 0.3) is 0 Å². The number of hydrogen-bond acceptors (Lipinski definition) is 10. The Balaban J connectivity index is 1.51. The Morgan fingerprint density at radius 1 is 1.27 bits per heavy atom. The van der Waals surface area contributed by atoms with Crippen molar-refractivity contribution in [2.24, 2.45) is 23.5 Å². The van der Waals surface area contributed by atoms with Crippen LogP contribution in [0.15, 0.2) is 22.5 Å². The van der Waals surface area contributed by atoms with Crippen molar-refractivity contribution >= 4 is 45.2 Å². The van der Waals surface area contributed by atoms with Crippen LogP contribution in [0.1, 0.15) is 19.8 Å². The topological polar surface area (TPSA) is 148 Å². The van der Waals surface area contributed by atoms with E-state index in [1.807, 2.05) is 4.90 Å². The second-order valence-corrected chi connectivity index (χ2v) is 11.2. The molecule has 0 aromatic heterocycles. The van der Waals surface area contributed by atoms with Gasteiger partial charge < -0.3 is 30.5 Å². The highest BCUT2D eigenvalue weighted by Crippen LogP contribution is 2.65. The lowest BCUT2D eigenvalue weighted by molar-refractivity contribution is -0.146. The van der Waals surface area contributed by atoms with Crippen molar-refractivity contribution in [3.63, 3.8) is 0 Å². The molecule has 0 bridgehead atoms. The molecule has 12 heteroatoms. The molecule has 4 rings (SSSR count). The minimum absolute atomic E-state index is 0.0909. The van der Waals surface area contributed by atoms with Crippen molar-refractivity contribution in [3.8, 4) is 0 Å². The van der Waals surface area contributed by atoms with Crippen LogP contribution in [-0.2, 0) is 23.9 Å². The highest BCUT2D eigenvalue weighted by molar-refractivity contribution is 8.76. The molecule has 0 aromatic carbocycles. The van der Waals surface area contributed by atoms with E-state index in [2.05, 4.69) is 5.32 Å². The van der Waals surface area contributed by atoms with Crippen molar-refractivity contribution in [2.75, 3.05) is 38.3 Å². The first kappa shape index (κ1) is 24.0. The maximum absolute atomic E-state index is 13.6. The number of carbonyl (C=O) groups excluding carboxylic acids is 3. The van der Waals surface area contributed by atoms with E-state index in [0.29, 0.717) is 47.4 Å². The Labute approximate surface area is 199 Å². The SMILES string of the molecule is CO[C@@]12[C@H](COC(N)=O)C3=C(C(=O)C(C)=C(NCCSSCCC(=O)O)C3=O)N1C[C@@H]1C[C@@H]12. The lowest BCUT2D eigenvalue weighted by Crippen LogP contribution is -2.51. The molecule has 1 amide bonds. The lowest BCUT2D eigenvalue weighted by atomic mass is 9.82. The zero-order chi connectivity index (χ0) is 23.9. The predicted octanol–water partition coefficient (Wildman–Crippen LogP) is 1.13. The molecule has 33 heavy (non-hydrogen) atoms. The zero-order valence-electron chi connectivity index (χ0n) is 18.4. The molecule has 1 saturated heterocycles. The number of carboxylic acid groups (broad SMARTS) is 1. The summed E-state index contributed by atoms with van der Waals surface area (Å²) >= 11 is 0. The number of fused-ring (bicyclic) bond motifs is 4. The van der Waals surface area contributed by atoms with Crippen LogP contribution in [-0.4, -0.2) is 77.7 Å². The second kappa shape index (κ2) is 9.22. The van der Waals surface area contributed by atoms with Gasteiger partial charge in [-0.3, -0.25) is 14.4 Å². The Morgan fingerprint density at radius 2 is 2.00 bits per heavy atom. The number of nitrogens with one attached hydrogen (secondary N) is 1. The highest BCUT2D eigenvalue weighted by Gasteiger charge is 2.72. The number of Topliss-reactive ketones (excluding diaryl/α,β-unsaturated/α-hetero) is 2. The number of ether oxygens (including phenoxy) is 2. The molecule has 10 nitrogen and oxygen atoms in total. The number of rotatable bonds is 11. The van der Waals surface area contributed by atoms with Crippen LogP contribution in [0.25, 0.3) is 0 Å². The summed E-state index contributed by atoms with van der Waals surface area (Å²) in [6.45, 7) is 2.57. The summed E-state index contributed by atoms with van der Waals surface area (Å²) in [4.78, 5) is 50.9. The van der Waals surface area contributed by atoms with Gasteiger partial charge >= 0.3 is 12.1 Å². The molecule has 0 aromatic rings. The van der Waals surface area contributed by atoms with Gasteiger partial charge in [0.1, 0.15) is 6.61 Å². The zero-order valence-corrected chi connectivity index (χ0v) is 20.1. The van der Waals surface area contributed by atoms with Crippen LogP contribution in [0.4, 0.5) is 4.79 Å². The number of allylic oxidation sites excluding steroid dienone is 2. The van der Waals surface area contributed by atoms with E-state index in [1.54, 1.807) is 14.0 Å². The average molecular weight is 498 g/mol. The quantitative estimate of drug-likeness (QED) is 0.214. The predicted molar refractivity (Wildman–Crippen MR) is 122 cm³/mol. The number of piperidine rings is 1. The van der Waals surface area contributed by atoms with E-state index >= 15 is 0 Å². The molecule has 0 unspecified atom stereocenters. The summed E-state index contributed by atoms with van der Waals surface area (Å²) in [5, 5.41) is 11.8. The maximum Gasteiger partial charge on any atom is 0.404 e. The van der Waals surface area contributed by atoms with Crippen molar-refractivity contribution in [1.82, 2.24) is 10.2 Å². The molecule has 0 spiro atoms. The number of hydrogen-bond donors (Lipinski definition) is 3. The third-order valence-electron chi connectivity index (χ3n) is 6.76. The first-order valence-corrected chi connectivity index (χ1v) is 13.2. The standard InChI is InChI=1S/C21H27N3O7S2/c1-10-16(23-4-6-33-32-5-3-14(25)26)19(28)15-13(9-31-20(22)29)21(30-2)12-7-11(12)8-24(21)17(15)18(10)27/h11-13,23H,3-9H2,1-2H3,(H2,22,29)(H,25,26)/t11-,12-,13+,21-/m0/s1. The van der Waals surface area contributed by atoms with Crippen molar-refractivity contribution in [1.29, 1.82) is 0 Å². The number of nitrogens with two attached hydrogens (primary N) is 1. The van der Waals surface area contributed by atoms with E-state index in [1.165, 1.54) is 21.6 Å². The molecule has 2 aliphatic carbocycles. The average Bonchev–Trinajstić information content (AvgIpc) is 3.37. The number of methoxy groups -OCH3 is 1. The fourth-order valence-electron chi connectivity index (χ4n) is 5.32. The van der Waals surface area contributed by atoms with Gasteiger partial charge in [0.2, 0.25) is 11.6 Å². The number of nitrogens with zero attached hydrogens (tertiary/aromatic N) is 1. The smallest absolute Gasteiger partial charge is 0.404 e. The summed E-state index contributed by atoms with van der Waals surface area (Å²) in [7, 11) is 4.52. The van der Waals surface area contributed by atoms with E-state index in [9.17, 15) is 19.2 Å². The molecule has 180 valence electrons. The van der Waals surface area contributed by atoms with Crippen molar-refractivity contribution in [3.05, 3.63) is 22.5 Å². The van der Waals surface area contributed by atoms with Crippen LogP contribution in [0.3, 0.4) is 0 Å². The van der Waals surface area contributed by atoms with Crippen LogP contribution >= 0.6 is 21.6 Å². The number of amides is 1. The van der Waals surface area contributed by atoms with E-state index in [-0.39, 0.29) is 36.2 Å². The van der Waals surface area contributed by atoms with Gasteiger partial charge in [0, 0.05) is 48.8 Å². The molecule has 0 radical (unpaired) electrons. The second-order valence-electron chi connectivity index (χ2n) is 8.49. The first-order chi connectivity index (χ1) is 15.7. The van der Waals surface area contributed by atoms with Gasteiger partial charge in [-0.1, -0.05) is 21.6 Å². The number of carbonyl (C=O) groups is 4. The number of ketones is 2. The monoisotopic (exact) mass is 497 g/mol. The molecule has 2 fully saturated rings. The summed E-state index contributed by atoms with van der Waals surface area (Å²) in [6.07, 6.45) is 0.0896. The molecule has 2 aliphatic heterocycles. The van der Waals surface area contributed by atoms with Crippen LogP contribution in [0.5, 0.6) is 0 Å². The minimum atomic E-state index is -0.940. The fraction of sp³-hybridized carbons (Fsp3) is 0.619. The van der Waals surface area contributed by atoms with Gasteiger partial charge in [-0.2, -0.15) is 0 Å². The van der Waals surface area contributed by atoms with Crippen LogP contribution < -0.4 is 11.1 Å². The summed E-state index contributed by atoms with van der Waals surface area (Å²) in [5.74, 6) is -0.287. The summed E-state index contributed by atoms with van der Waals surface area (Å²) in [6, 6.07) is 0. The third-order valence-corrected chi connectivity index (χ3v) is 9.17. The Morgan fingerprint density at radius 3 is 2.67 bits per heavy atom. The van der Waals surface area contributed by atoms with Crippen LogP contribution in [0, 0.1) is 17.8 Å². The minimum Gasteiger partial charge on any atom is -0.481 e. The Hall–Kier alpha value is -2.18. The van der Waals surface area contributed by atoms with Gasteiger partial charge in [0.05, 0.1) is 23.7 Å². The summed E-state index contributed by atoms with van der Waals surface area (Å²) < 4.78 is 11.1. The molecular weight excluding hydrogens is 470 g/mol. The fourth-order valence-corrected chi connectivity index (χ4v) is 7.21. The molecule has 4 N–H and O–H groups in total. The summed E-state index contributed by atoms with van der Waals surface area (Å²) in [5.41, 5.74) is 5.60. The first-order valence-electron chi connectivity index (χ1n) is 10.7. The normalized spacial score (nSPS) is 29.8. The molecule has 4 aliphatic rings. The molecule has 4 atom stereocenters. The van der Waals surface area contributed by atoms with E-state index < -0.39 is 23.7 Å². The van der Waals surface area contributed by atoms with Gasteiger partial charge in [-0.05, 0) is 19.3 Å². The van der Waals surface area contributed by atoms with Gasteiger partial charge in [-0.15, -0.1) is 0 Å². The number of aliphatic carboxylic acids is 1. The Bertz CT molecular complexity index is 966. The molecule has 1 saturated carbocycles. The lowest BCUT2D eigenvalue weighted by Gasteiger charge is -2.40. The van der Waals surface area contributed by atoms with Gasteiger partial charge in [0.15, 0.2) is 5.72 Å². The third kappa shape index (κ3) is 4.01. The van der Waals surface area contributed by atoms with E-state index in [0.717, 1.165) is 6.42 Å². The molecular formula is C21H27N3O7S2. The van der Waals surface area contributed by atoms with Crippen LogP contribution in [0.2, 0.25) is 0 Å². The number of carboxylic acids is 1. The van der Waals surface area contributed by atoms with Crippen molar-refractivity contribution < 1.29 is 33.8 Å². The largest absolute Gasteiger partial charge is 0.481 e. The number of primary amides is 1. The van der Waals surface area contributed by atoms with E-state index in [4.69, 9.17) is 20.3 Å². The molecule has 2 heterocycles. The van der Waals surface area contributed by atoms with Gasteiger partial charge in [-0.25, -0.2) is 4.79 Å². The Kier molecular flexibility index (Phi) is 6.70.